The zero-order valence-electron chi connectivity index (χ0n) is 8.63. The van der Waals surface area contributed by atoms with Gasteiger partial charge in [0.15, 0.2) is 0 Å². The molecule has 0 heterocycles. The van der Waals surface area contributed by atoms with Crippen molar-refractivity contribution in [2.45, 2.75) is 26.8 Å². The first-order valence-corrected chi connectivity index (χ1v) is 4.63. The average Bonchev–Trinajstić information content (AvgIpc) is 2.09. The van der Waals surface area contributed by atoms with Crippen molar-refractivity contribution in [3.63, 3.8) is 0 Å². The van der Waals surface area contributed by atoms with Crippen LogP contribution in [-0.4, -0.2) is 38.4 Å². The predicted molar refractivity (Wildman–Crippen MR) is 50.6 cm³/mol. The number of ether oxygens (including phenoxy) is 2. The molecule has 0 amide bonds. The summed E-state index contributed by atoms with van der Waals surface area (Å²) in [7, 11) is 0. The van der Waals surface area contributed by atoms with E-state index >= 15 is 0 Å². The lowest BCUT2D eigenvalue weighted by Crippen LogP contribution is -2.30. The molecule has 0 aliphatic heterocycles. The highest BCUT2D eigenvalue weighted by molar-refractivity contribution is 5.71. The largest absolute Gasteiger partial charge is 0.462 e. The Labute approximate surface area is 79.6 Å². The molecule has 0 aromatic carbocycles. The lowest BCUT2D eigenvalue weighted by Gasteiger charge is -2.08. The van der Waals surface area contributed by atoms with E-state index in [4.69, 9.17) is 9.47 Å². The van der Waals surface area contributed by atoms with Gasteiger partial charge >= 0.3 is 5.97 Å². The zero-order valence-corrected chi connectivity index (χ0v) is 8.63. The topological polar surface area (TPSA) is 47.6 Å². The van der Waals surface area contributed by atoms with Gasteiger partial charge in [-0.25, -0.2) is 0 Å². The Hall–Kier alpha value is -0.610. The van der Waals surface area contributed by atoms with Crippen LogP contribution in [0, 0.1) is 0 Å². The second-order valence-corrected chi connectivity index (χ2v) is 2.95. The van der Waals surface area contributed by atoms with Gasteiger partial charge in [-0.2, -0.15) is 0 Å². The standard InChI is InChI=1S/C9H19NO3/c1-4-12-5-6-13-9(11)7-10-8(2)3/h8,10H,4-7H2,1-3H3. The van der Waals surface area contributed by atoms with Gasteiger partial charge < -0.3 is 14.8 Å². The van der Waals surface area contributed by atoms with Crippen molar-refractivity contribution in [3.8, 4) is 0 Å². The van der Waals surface area contributed by atoms with Crippen LogP contribution < -0.4 is 5.32 Å². The Kier molecular flexibility index (Phi) is 7.63. The van der Waals surface area contributed by atoms with Gasteiger partial charge in [-0.15, -0.1) is 0 Å². The van der Waals surface area contributed by atoms with E-state index < -0.39 is 0 Å². The highest BCUT2D eigenvalue weighted by Crippen LogP contribution is 1.81. The van der Waals surface area contributed by atoms with E-state index in [1.165, 1.54) is 0 Å². The van der Waals surface area contributed by atoms with Crippen molar-refractivity contribution < 1.29 is 14.3 Å². The SMILES string of the molecule is CCOCCOC(=O)CNC(C)C. The second-order valence-electron chi connectivity index (χ2n) is 2.95. The van der Waals surface area contributed by atoms with Gasteiger partial charge in [-0.1, -0.05) is 13.8 Å². The highest BCUT2D eigenvalue weighted by atomic mass is 16.6. The fourth-order valence-corrected chi connectivity index (χ4v) is 0.697. The van der Waals surface area contributed by atoms with Crippen molar-refractivity contribution >= 4 is 5.97 Å². The van der Waals surface area contributed by atoms with Gasteiger partial charge in [0, 0.05) is 12.6 Å². The van der Waals surface area contributed by atoms with Gasteiger partial charge in [0.05, 0.1) is 13.2 Å². The Morgan fingerprint density at radius 1 is 1.38 bits per heavy atom. The molecule has 0 radical (unpaired) electrons. The van der Waals surface area contributed by atoms with Crippen LogP contribution >= 0.6 is 0 Å². The van der Waals surface area contributed by atoms with Gasteiger partial charge in [0.1, 0.15) is 6.61 Å². The zero-order chi connectivity index (χ0) is 10.1. The van der Waals surface area contributed by atoms with E-state index in [2.05, 4.69) is 5.32 Å². The molecule has 0 saturated carbocycles. The van der Waals surface area contributed by atoms with E-state index in [1.54, 1.807) is 0 Å². The van der Waals surface area contributed by atoms with Gasteiger partial charge in [-0.05, 0) is 6.92 Å². The maximum absolute atomic E-state index is 11.0. The molecule has 0 aliphatic carbocycles. The Bertz CT molecular complexity index is 137. The molecule has 0 fully saturated rings. The summed E-state index contributed by atoms with van der Waals surface area (Å²) in [6.07, 6.45) is 0. The second kappa shape index (κ2) is 8.01. The first-order chi connectivity index (χ1) is 6.16. The molecule has 0 saturated heterocycles. The highest BCUT2D eigenvalue weighted by Gasteiger charge is 2.02. The molecule has 13 heavy (non-hydrogen) atoms. The van der Waals surface area contributed by atoms with Crippen LogP contribution in [0.5, 0.6) is 0 Å². The van der Waals surface area contributed by atoms with Crippen molar-refractivity contribution in [3.05, 3.63) is 0 Å². The summed E-state index contributed by atoms with van der Waals surface area (Å²) < 4.78 is 9.88. The van der Waals surface area contributed by atoms with Gasteiger partial charge in [0.2, 0.25) is 0 Å². The number of esters is 1. The number of hydrogen-bond donors (Lipinski definition) is 1. The normalized spacial score (nSPS) is 10.5. The molecule has 0 spiro atoms. The summed E-state index contributed by atoms with van der Waals surface area (Å²) in [6.45, 7) is 7.60. The summed E-state index contributed by atoms with van der Waals surface area (Å²) in [5.74, 6) is -0.228. The Morgan fingerprint density at radius 3 is 2.62 bits per heavy atom. The summed E-state index contributed by atoms with van der Waals surface area (Å²) in [5, 5.41) is 2.97. The average molecular weight is 189 g/mol. The summed E-state index contributed by atoms with van der Waals surface area (Å²) in [6, 6.07) is 0.305. The summed E-state index contributed by atoms with van der Waals surface area (Å²) >= 11 is 0. The molecule has 0 aliphatic rings. The van der Waals surface area contributed by atoms with Crippen molar-refractivity contribution in [2.75, 3.05) is 26.4 Å². The Morgan fingerprint density at radius 2 is 2.08 bits per heavy atom. The number of carbonyl (C=O) groups excluding carboxylic acids is 1. The van der Waals surface area contributed by atoms with Crippen LogP contribution in [0.1, 0.15) is 20.8 Å². The molecule has 0 rings (SSSR count). The minimum absolute atomic E-state index is 0.228. The molecule has 4 heteroatoms. The van der Waals surface area contributed by atoms with Crippen LogP contribution in [0.25, 0.3) is 0 Å². The van der Waals surface area contributed by atoms with Crippen LogP contribution in [-0.2, 0) is 14.3 Å². The van der Waals surface area contributed by atoms with E-state index in [9.17, 15) is 4.79 Å². The van der Waals surface area contributed by atoms with E-state index in [0.717, 1.165) is 0 Å². The first kappa shape index (κ1) is 12.4. The fraction of sp³-hybridized carbons (Fsp3) is 0.889. The third kappa shape index (κ3) is 9.30. The van der Waals surface area contributed by atoms with Crippen molar-refractivity contribution in [1.29, 1.82) is 0 Å². The van der Waals surface area contributed by atoms with E-state index in [1.807, 2.05) is 20.8 Å². The molecule has 0 aromatic rings. The predicted octanol–water partition coefficient (Wildman–Crippen LogP) is 0.564. The summed E-state index contributed by atoms with van der Waals surface area (Å²) in [5.41, 5.74) is 0. The third-order valence-corrected chi connectivity index (χ3v) is 1.35. The van der Waals surface area contributed by atoms with Gasteiger partial charge in [-0.3, -0.25) is 4.79 Å². The number of carbonyl (C=O) groups is 1. The maximum atomic E-state index is 11.0. The minimum atomic E-state index is -0.228. The maximum Gasteiger partial charge on any atom is 0.320 e. The van der Waals surface area contributed by atoms with Crippen molar-refractivity contribution in [2.24, 2.45) is 0 Å². The smallest absolute Gasteiger partial charge is 0.320 e. The summed E-state index contributed by atoms with van der Waals surface area (Å²) in [4.78, 5) is 11.0. The van der Waals surface area contributed by atoms with E-state index in [0.29, 0.717) is 25.9 Å². The molecule has 0 aromatic heterocycles. The fourth-order valence-electron chi connectivity index (χ4n) is 0.697. The van der Waals surface area contributed by atoms with Gasteiger partial charge in [0.25, 0.3) is 0 Å². The van der Waals surface area contributed by atoms with Crippen LogP contribution in [0.2, 0.25) is 0 Å². The first-order valence-electron chi connectivity index (χ1n) is 4.63. The molecule has 1 N–H and O–H groups in total. The molecule has 4 nitrogen and oxygen atoms in total. The Balaban J connectivity index is 3.20. The quantitative estimate of drug-likeness (QED) is 0.469. The monoisotopic (exact) mass is 189 g/mol. The lowest BCUT2D eigenvalue weighted by atomic mass is 10.4. The van der Waals surface area contributed by atoms with Crippen molar-refractivity contribution in [1.82, 2.24) is 5.32 Å². The number of nitrogens with one attached hydrogen (secondary N) is 1. The van der Waals surface area contributed by atoms with Crippen LogP contribution in [0.4, 0.5) is 0 Å². The molecular weight excluding hydrogens is 170 g/mol. The number of hydrogen-bond acceptors (Lipinski definition) is 4. The lowest BCUT2D eigenvalue weighted by molar-refractivity contribution is -0.144. The molecule has 0 bridgehead atoms. The minimum Gasteiger partial charge on any atom is -0.462 e. The third-order valence-electron chi connectivity index (χ3n) is 1.35. The molecular formula is C9H19NO3. The molecule has 78 valence electrons. The van der Waals surface area contributed by atoms with Crippen LogP contribution in [0.15, 0.2) is 0 Å². The molecule has 0 atom stereocenters. The molecule has 0 unspecified atom stereocenters. The van der Waals surface area contributed by atoms with Crippen LogP contribution in [0.3, 0.4) is 0 Å². The number of rotatable bonds is 7. The van der Waals surface area contributed by atoms with E-state index in [-0.39, 0.29) is 12.5 Å².